The maximum Gasteiger partial charge on any atom is 0.164 e. The van der Waals surface area contributed by atoms with E-state index < -0.39 is 0 Å². The van der Waals surface area contributed by atoms with Gasteiger partial charge in [0.15, 0.2) is 17.5 Å². The van der Waals surface area contributed by atoms with Crippen molar-refractivity contribution in [2.75, 3.05) is 0 Å². The summed E-state index contributed by atoms with van der Waals surface area (Å²) < 4.78 is 13.9. The maximum absolute atomic E-state index is 6.43. The molecule has 7 aromatic carbocycles. The van der Waals surface area contributed by atoms with Gasteiger partial charge >= 0.3 is 0 Å². The summed E-state index contributed by atoms with van der Waals surface area (Å²) in [4.78, 5) is 20.0. The molecule has 11 rings (SSSR count). The number of benzene rings is 7. The summed E-state index contributed by atoms with van der Waals surface area (Å²) in [6.07, 6.45) is 0. The van der Waals surface area contributed by atoms with E-state index in [0.717, 1.165) is 87.8 Å². The number of nitrogens with zero attached hydrogens (tertiary/aromatic N) is 4. The van der Waals surface area contributed by atoms with Gasteiger partial charge in [0.25, 0.3) is 0 Å². The van der Waals surface area contributed by atoms with Gasteiger partial charge < -0.3 is 8.83 Å². The molecule has 0 atom stereocenters. The lowest BCUT2D eigenvalue weighted by Gasteiger charge is -2.09. The highest BCUT2D eigenvalue weighted by molar-refractivity contribution is 7.21. The molecule has 0 aliphatic rings. The molecule has 11 aromatic rings. The highest BCUT2D eigenvalue weighted by Gasteiger charge is 2.19. The molecule has 0 saturated heterocycles. The van der Waals surface area contributed by atoms with E-state index >= 15 is 0 Å². The Morgan fingerprint density at radius 2 is 1.04 bits per heavy atom. The Kier molecular flexibility index (Phi) is 6.62. The zero-order chi connectivity index (χ0) is 34.9. The van der Waals surface area contributed by atoms with Gasteiger partial charge in [0.2, 0.25) is 0 Å². The first-order chi connectivity index (χ1) is 26.2. The summed E-state index contributed by atoms with van der Waals surface area (Å²) >= 11 is 1.71. The average Bonchev–Trinajstić information content (AvgIpc) is 3.94. The van der Waals surface area contributed by atoms with Gasteiger partial charge in [-0.05, 0) is 59.7 Å². The zero-order valence-electron chi connectivity index (χ0n) is 28.0. The van der Waals surface area contributed by atoms with Gasteiger partial charge in [0.1, 0.15) is 27.3 Å². The summed E-state index contributed by atoms with van der Waals surface area (Å²) in [5.74, 6) is 1.72. The predicted octanol–water partition coefficient (Wildman–Crippen LogP) is 12.6. The molecule has 0 radical (unpaired) electrons. The Bertz CT molecular complexity index is 3150. The number of fused-ring (bicyclic) bond motifs is 7. The van der Waals surface area contributed by atoms with Crippen LogP contribution in [0.15, 0.2) is 167 Å². The number of hydrogen-bond donors (Lipinski definition) is 0. The number of thiazole rings is 1. The van der Waals surface area contributed by atoms with Crippen LogP contribution in [0.2, 0.25) is 0 Å². The first-order valence-electron chi connectivity index (χ1n) is 17.4. The third-order valence-electron chi connectivity index (χ3n) is 9.80. The second-order valence-electron chi connectivity index (χ2n) is 13.0. The van der Waals surface area contributed by atoms with E-state index in [1.165, 1.54) is 4.70 Å². The molecule has 0 unspecified atom stereocenters. The summed E-state index contributed by atoms with van der Waals surface area (Å²) in [5.41, 5.74) is 10.2. The van der Waals surface area contributed by atoms with Gasteiger partial charge in [0, 0.05) is 43.8 Å². The molecule has 7 heteroatoms. The largest absolute Gasteiger partial charge is 0.456 e. The maximum atomic E-state index is 6.43. The Morgan fingerprint density at radius 1 is 0.377 bits per heavy atom. The van der Waals surface area contributed by atoms with Crippen LogP contribution in [0.25, 0.3) is 110 Å². The zero-order valence-corrected chi connectivity index (χ0v) is 28.8. The van der Waals surface area contributed by atoms with Crippen molar-refractivity contribution in [1.82, 2.24) is 19.9 Å². The van der Waals surface area contributed by atoms with Crippen molar-refractivity contribution in [2.24, 2.45) is 0 Å². The molecule has 6 nitrogen and oxygen atoms in total. The third kappa shape index (κ3) is 5.01. The van der Waals surface area contributed by atoms with E-state index in [4.69, 9.17) is 28.8 Å². The van der Waals surface area contributed by atoms with E-state index in [0.29, 0.717) is 17.5 Å². The lowest BCUT2D eigenvalue weighted by Crippen LogP contribution is -2.00. The average molecular weight is 699 g/mol. The molecule has 0 aliphatic carbocycles. The smallest absolute Gasteiger partial charge is 0.164 e. The Hall–Kier alpha value is -6.96. The summed E-state index contributed by atoms with van der Waals surface area (Å²) in [5, 5.41) is 5.11. The van der Waals surface area contributed by atoms with E-state index in [2.05, 4.69) is 78.9 Å². The second-order valence-corrected chi connectivity index (χ2v) is 14.1. The summed E-state index contributed by atoms with van der Waals surface area (Å²) in [7, 11) is 0. The number of hydrogen-bond acceptors (Lipinski definition) is 7. The Morgan fingerprint density at radius 3 is 1.92 bits per heavy atom. The molecule has 0 N–H and O–H groups in total. The number of furan rings is 2. The number of aromatic nitrogens is 4. The molecule has 0 fully saturated rings. The summed E-state index contributed by atoms with van der Waals surface area (Å²) in [6, 6.07) is 53.6. The van der Waals surface area contributed by atoms with Gasteiger partial charge in [-0.15, -0.1) is 11.3 Å². The van der Waals surface area contributed by atoms with Crippen LogP contribution < -0.4 is 0 Å². The monoisotopic (exact) mass is 698 g/mol. The fraction of sp³-hybridized carbons (Fsp3) is 0. The van der Waals surface area contributed by atoms with Crippen LogP contribution in [0.4, 0.5) is 0 Å². The van der Waals surface area contributed by atoms with Crippen molar-refractivity contribution in [2.45, 2.75) is 0 Å². The third-order valence-corrected chi connectivity index (χ3v) is 10.9. The van der Waals surface area contributed by atoms with Crippen molar-refractivity contribution >= 4 is 65.4 Å². The van der Waals surface area contributed by atoms with Crippen LogP contribution in [-0.2, 0) is 0 Å². The van der Waals surface area contributed by atoms with Crippen LogP contribution in [-0.4, -0.2) is 19.9 Å². The van der Waals surface area contributed by atoms with Crippen molar-refractivity contribution in [3.63, 3.8) is 0 Å². The van der Waals surface area contributed by atoms with Gasteiger partial charge in [0.05, 0.1) is 10.2 Å². The van der Waals surface area contributed by atoms with Crippen molar-refractivity contribution in [1.29, 1.82) is 0 Å². The standard InChI is InChI=1S/C46H26N4O2S/c1-2-9-28(10-3-1)43-48-44(31-21-23-33-32-11-4-6-14-37(32)52-40(33)26-31)50-45(49-43)34-12-8-15-39-42(34)35-25-30(22-24-38(35)51-39)27-17-19-29(20-18-27)46-47-36-13-5-7-16-41(36)53-46/h1-26H. The minimum Gasteiger partial charge on any atom is -0.456 e. The molecular formula is C46H26N4O2S. The second kappa shape index (κ2) is 11.8. The van der Waals surface area contributed by atoms with E-state index in [9.17, 15) is 0 Å². The minimum atomic E-state index is 0.565. The van der Waals surface area contributed by atoms with Crippen LogP contribution in [0.3, 0.4) is 0 Å². The van der Waals surface area contributed by atoms with E-state index in [1.807, 2.05) is 78.9 Å². The topological polar surface area (TPSA) is 77.8 Å². The summed E-state index contributed by atoms with van der Waals surface area (Å²) in [6.45, 7) is 0. The first-order valence-corrected chi connectivity index (χ1v) is 18.2. The highest BCUT2D eigenvalue weighted by Crippen LogP contribution is 2.39. The Balaban J connectivity index is 1.05. The molecular weight excluding hydrogens is 673 g/mol. The lowest BCUT2D eigenvalue weighted by atomic mass is 10.00. The Labute approximate surface area is 306 Å². The fourth-order valence-electron chi connectivity index (χ4n) is 7.20. The van der Waals surface area contributed by atoms with E-state index in [1.54, 1.807) is 11.3 Å². The molecule has 53 heavy (non-hydrogen) atoms. The molecule has 4 heterocycles. The van der Waals surface area contributed by atoms with Crippen LogP contribution >= 0.6 is 11.3 Å². The van der Waals surface area contributed by atoms with Gasteiger partial charge in [-0.25, -0.2) is 19.9 Å². The molecule has 248 valence electrons. The fourth-order valence-corrected chi connectivity index (χ4v) is 8.17. The van der Waals surface area contributed by atoms with Gasteiger partial charge in [-0.1, -0.05) is 109 Å². The molecule has 0 saturated carbocycles. The number of para-hydroxylation sites is 2. The van der Waals surface area contributed by atoms with Crippen molar-refractivity contribution in [3.8, 4) is 55.9 Å². The van der Waals surface area contributed by atoms with E-state index in [-0.39, 0.29) is 0 Å². The van der Waals surface area contributed by atoms with Crippen LogP contribution in [0.5, 0.6) is 0 Å². The van der Waals surface area contributed by atoms with Crippen LogP contribution in [0, 0.1) is 0 Å². The highest BCUT2D eigenvalue weighted by atomic mass is 32.1. The molecule has 0 aliphatic heterocycles. The minimum absolute atomic E-state index is 0.565. The van der Waals surface area contributed by atoms with Crippen LogP contribution in [0.1, 0.15) is 0 Å². The molecule has 0 spiro atoms. The molecule has 4 aromatic heterocycles. The number of rotatable bonds is 5. The SMILES string of the molecule is c1ccc(-c2nc(-c3ccc4c(c3)oc3ccccc34)nc(-c3cccc4oc5ccc(-c6ccc(-c7nc8ccccc8s7)cc6)cc5c34)n2)cc1. The quantitative estimate of drug-likeness (QED) is 0.178. The normalized spacial score (nSPS) is 11.8. The van der Waals surface area contributed by atoms with Gasteiger partial charge in [-0.3, -0.25) is 0 Å². The molecule has 0 bridgehead atoms. The van der Waals surface area contributed by atoms with Crippen molar-refractivity contribution in [3.05, 3.63) is 158 Å². The van der Waals surface area contributed by atoms with Gasteiger partial charge in [-0.2, -0.15) is 0 Å². The first kappa shape index (κ1) is 29.7. The lowest BCUT2D eigenvalue weighted by molar-refractivity contribution is 0.668. The predicted molar refractivity (Wildman–Crippen MR) is 215 cm³/mol. The molecule has 0 amide bonds. The van der Waals surface area contributed by atoms with Crippen molar-refractivity contribution < 1.29 is 8.83 Å².